The minimum atomic E-state index is -1.28. The summed E-state index contributed by atoms with van der Waals surface area (Å²) >= 11 is 0. The zero-order valence-corrected chi connectivity index (χ0v) is 8.39. The fourth-order valence-corrected chi connectivity index (χ4v) is 0.914. The second-order valence-corrected chi connectivity index (χ2v) is 3.07. The Morgan fingerprint density at radius 3 is 2.38 bits per heavy atom. The summed E-state index contributed by atoms with van der Waals surface area (Å²) in [4.78, 5) is 32.5. The summed E-state index contributed by atoms with van der Waals surface area (Å²) < 4.78 is 4.72. The van der Waals surface area contributed by atoms with Gasteiger partial charge in [0.1, 0.15) is 6.04 Å². The number of amides is 2. The third kappa shape index (κ3) is 2.59. The van der Waals surface area contributed by atoms with E-state index in [1.54, 1.807) is 0 Å². The Morgan fingerprint density at radius 1 is 1.38 bits per heavy atom. The van der Waals surface area contributed by atoms with Gasteiger partial charge in [0.25, 0.3) is 5.91 Å². The maximum atomic E-state index is 11.4. The number of aromatic carboxylic acids is 1. The Hall–Kier alpha value is -2.31. The number of hydrogen-bond donors (Lipinski definition) is 3. The summed E-state index contributed by atoms with van der Waals surface area (Å²) in [7, 11) is 0. The first-order valence-electron chi connectivity index (χ1n) is 4.35. The van der Waals surface area contributed by atoms with Crippen molar-refractivity contribution in [1.82, 2.24) is 5.32 Å². The highest BCUT2D eigenvalue weighted by atomic mass is 16.4. The number of rotatable bonds is 4. The SMILES string of the molecule is CC(NC(=O)c1ccc(C(=O)O)o1)C(N)=O. The van der Waals surface area contributed by atoms with Crippen molar-refractivity contribution in [1.29, 1.82) is 0 Å². The molecular weight excluding hydrogens is 216 g/mol. The van der Waals surface area contributed by atoms with Crippen LogP contribution in [0.2, 0.25) is 0 Å². The van der Waals surface area contributed by atoms with E-state index in [0.29, 0.717) is 0 Å². The third-order valence-electron chi connectivity index (χ3n) is 1.81. The largest absolute Gasteiger partial charge is 0.475 e. The molecule has 0 saturated carbocycles. The van der Waals surface area contributed by atoms with Crippen molar-refractivity contribution in [3.63, 3.8) is 0 Å². The van der Waals surface area contributed by atoms with E-state index in [1.807, 2.05) is 0 Å². The lowest BCUT2D eigenvalue weighted by Crippen LogP contribution is -2.42. The summed E-state index contributed by atoms with van der Waals surface area (Å²) in [5.74, 6) is -3.21. The Bertz CT molecular complexity index is 437. The van der Waals surface area contributed by atoms with Crippen LogP contribution < -0.4 is 11.1 Å². The predicted molar refractivity (Wildman–Crippen MR) is 51.8 cm³/mol. The van der Waals surface area contributed by atoms with Gasteiger partial charge in [0, 0.05) is 0 Å². The molecular formula is C9H10N2O5. The highest BCUT2D eigenvalue weighted by Gasteiger charge is 2.18. The lowest BCUT2D eigenvalue weighted by Gasteiger charge is -2.07. The minimum absolute atomic E-state index is 0.189. The average molecular weight is 226 g/mol. The van der Waals surface area contributed by atoms with Crippen LogP contribution in [0.5, 0.6) is 0 Å². The van der Waals surface area contributed by atoms with Crippen LogP contribution in [0.1, 0.15) is 28.0 Å². The van der Waals surface area contributed by atoms with Gasteiger partial charge in [0.2, 0.25) is 11.7 Å². The molecule has 2 amide bonds. The minimum Gasteiger partial charge on any atom is -0.475 e. The molecule has 1 rings (SSSR count). The Labute approximate surface area is 90.2 Å². The van der Waals surface area contributed by atoms with E-state index in [0.717, 1.165) is 6.07 Å². The van der Waals surface area contributed by atoms with Gasteiger partial charge >= 0.3 is 5.97 Å². The molecule has 4 N–H and O–H groups in total. The molecule has 16 heavy (non-hydrogen) atoms. The molecule has 0 saturated heterocycles. The number of furan rings is 1. The quantitative estimate of drug-likeness (QED) is 0.643. The van der Waals surface area contributed by atoms with Crippen molar-refractivity contribution in [3.8, 4) is 0 Å². The highest BCUT2D eigenvalue weighted by Crippen LogP contribution is 2.07. The summed E-state index contributed by atoms with van der Waals surface area (Å²) in [5, 5.41) is 10.8. The number of carboxylic acids is 1. The van der Waals surface area contributed by atoms with E-state index < -0.39 is 23.8 Å². The number of hydrogen-bond acceptors (Lipinski definition) is 4. The molecule has 1 heterocycles. The smallest absolute Gasteiger partial charge is 0.371 e. The van der Waals surface area contributed by atoms with Gasteiger partial charge in [0.05, 0.1) is 0 Å². The standard InChI is InChI=1S/C9H10N2O5/c1-4(7(10)12)11-8(13)5-2-3-6(16-5)9(14)15/h2-4H,1H3,(H2,10,12)(H,11,13)(H,14,15). The first-order chi connectivity index (χ1) is 7.41. The van der Waals surface area contributed by atoms with Crippen molar-refractivity contribution in [2.24, 2.45) is 5.73 Å². The monoisotopic (exact) mass is 226 g/mol. The Morgan fingerprint density at radius 2 is 1.94 bits per heavy atom. The molecule has 0 aliphatic rings. The average Bonchev–Trinajstić information content (AvgIpc) is 2.65. The molecule has 0 aliphatic heterocycles. The molecule has 1 aromatic heterocycles. The van der Waals surface area contributed by atoms with Gasteiger partial charge < -0.3 is 20.6 Å². The van der Waals surface area contributed by atoms with Gasteiger partial charge in [0.15, 0.2) is 5.76 Å². The molecule has 0 bridgehead atoms. The third-order valence-corrected chi connectivity index (χ3v) is 1.81. The molecule has 0 aromatic carbocycles. The molecule has 1 unspecified atom stereocenters. The van der Waals surface area contributed by atoms with Gasteiger partial charge in [-0.25, -0.2) is 4.79 Å². The van der Waals surface area contributed by atoms with E-state index >= 15 is 0 Å². The number of carboxylic acid groups (broad SMARTS) is 1. The fraction of sp³-hybridized carbons (Fsp3) is 0.222. The molecule has 0 spiro atoms. The van der Waals surface area contributed by atoms with E-state index in [9.17, 15) is 14.4 Å². The number of primary amides is 1. The first-order valence-corrected chi connectivity index (χ1v) is 4.35. The van der Waals surface area contributed by atoms with E-state index in [1.165, 1.54) is 13.0 Å². The molecule has 0 fully saturated rings. The van der Waals surface area contributed by atoms with Crippen LogP contribution in [0.15, 0.2) is 16.5 Å². The van der Waals surface area contributed by atoms with Crippen LogP contribution in [-0.2, 0) is 4.79 Å². The number of nitrogens with two attached hydrogens (primary N) is 1. The number of carbonyl (C=O) groups is 3. The summed E-state index contributed by atoms with van der Waals surface area (Å²) in [6.07, 6.45) is 0. The second-order valence-electron chi connectivity index (χ2n) is 3.07. The summed E-state index contributed by atoms with van der Waals surface area (Å²) in [6, 6.07) is 1.49. The normalized spacial score (nSPS) is 11.8. The van der Waals surface area contributed by atoms with Crippen molar-refractivity contribution >= 4 is 17.8 Å². The van der Waals surface area contributed by atoms with Gasteiger partial charge in [-0.1, -0.05) is 0 Å². The Balaban J connectivity index is 2.73. The van der Waals surface area contributed by atoms with Crippen LogP contribution in [-0.4, -0.2) is 28.9 Å². The van der Waals surface area contributed by atoms with E-state index in [-0.39, 0.29) is 11.5 Å². The molecule has 1 atom stereocenters. The van der Waals surface area contributed by atoms with Crippen LogP contribution >= 0.6 is 0 Å². The molecule has 0 radical (unpaired) electrons. The van der Waals surface area contributed by atoms with Gasteiger partial charge in [-0.15, -0.1) is 0 Å². The van der Waals surface area contributed by atoms with Crippen LogP contribution in [0.25, 0.3) is 0 Å². The van der Waals surface area contributed by atoms with Crippen molar-refractivity contribution < 1.29 is 23.9 Å². The summed E-state index contributed by atoms with van der Waals surface area (Å²) in [5.41, 5.74) is 4.94. The molecule has 0 aliphatic carbocycles. The van der Waals surface area contributed by atoms with Crippen molar-refractivity contribution in [2.75, 3.05) is 0 Å². The molecule has 1 aromatic rings. The zero-order valence-electron chi connectivity index (χ0n) is 8.39. The number of nitrogens with one attached hydrogen (secondary N) is 1. The fourth-order valence-electron chi connectivity index (χ4n) is 0.914. The maximum Gasteiger partial charge on any atom is 0.371 e. The van der Waals surface area contributed by atoms with Gasteiger partial charge in [-0.05, 0) is 19.1 Å². The maximum absolute atomic E-state index is 11.4. The first kappa shape index (κ1) is 11.8. The topological polar surface area (TPSA) is 123 Å². The summed E-state index contributed by atoms with van der Waals surface area (Å²) in [6.45, 7) is 1.40. The highest BCUT2D eigenvalue weighted by molar-refractivity contribution is 5.96. The van der Waals surface area contributed by atoms with Crippen LogP contribution in [0, 0.1) is 0 Å². The predicted octanol–water partition coefficient (Wildman–Crippen LogP) is -0.419. The lowest BCUT2D eigenvalue weighted by atomic mass is 10.3. The van der Waals surface area contributed by atoms with Crippen molar-refractivity contribution in [2.45, 2.75) is 13.0 Å². The molecule has 86 valence electrons. The van der Waals surface area contributed by atoms with Crippen LogP contribution in [0.3, 0.4) is 0 Å². The van der Waals surface area contributed by atoms with Crippen LogP contribution in [0.4, 0.5) is 0 Å². The lowest BCUT2D eigenvalue weighted by molar-refractivity contribution is -0.119. The van der Waals surface area contributed by atoms with Gasteiger partial charge in [-0.3, -0.25) is 9.59 Å². The van der Waals surface area contributed by atoms with Crippen molar-refractivity contribution in [3.05, 3.63) is 23.7 Å². The second kappa shape index (κ2) is 4.47. The van der Waals surface area contributed by atoms with E-state index in [4.69, 9.17) is 15.3 Å². The number of carbonyl (C=O) groups excluding carboxylic acids is 2. The molecule has 7 nitrogen and oxygen atoms in total. The van der Waals surface area contributed by atoms with Gasteiger partial charge in [-0.2, -0.15) is 0 Å². The Kier molecular flexibility index (Phi) is 3.29. The van der Waals surface area contributed by atoms with E-state index in [2.05, 4.69) is 5.32 Å². The molecule has 7 heteroatoms. The zero-order chi connectivity index (χ0) is 12.3.